The van der Waals surface area contributed by atoms with Crippen LogP contribution in [0.4, 0.5) is 10.1 Å². The molecule has 112 valence electrons. The number of fused-ring (bicyclic) bond motifs is 3. The first-order valence-electron chi connectivity index (χ1n) is 7.32. The number of allylic oxidation sites excluding steroid dienone is 2. The second-order valence-electron chi connectivity index (χ2n) is 5.82. The first-order valence-corrected chi connectivity index (χ1v) is 8.08. The van der Waals surface area contributed by atoms with Crippen molar-refractivity contribution in [3.05, 3.63) is 75.5 Å². The third kappa shape index (κ3) is 2.05. The van der Waals surface area contributed by atoms with Crippen LogP contribution >= 0.6 is 23.2 Å². The summed E-state index contributed by atoms with van der Waals surface area (Å²) in [6.07, 6.45) is 5.29. The number of anilines is 1. The second kappa shape index (κ2) is 5.29. The molecule has 0 bridgehead atoms. The standard InChI is InChI=1S/C18H14Cl2FN/c19-14-8-2-7-13(16(14)20)17-11-5-1-4-10(11)12-6-3-9-15(21)18(12)22-17/h1-4,6-11,17,22H,5H2/t10-,11-,17-/m0/s1. The first kappa shape index (κ1) is 14.1. The van der Waals surface area contributed by atoms with Crippen LogP contribution in [0.2, 0.25) is 10.0 Å². The van der Waals surface area contributed by atoms with E-state index in [0.717, 1.165) is 17.5 Å². The summed E-state index contributed by atoms with van der Waals surface area (Å²) in [5.74, 6) is 0.316. The highest BCUT2D eigenvalue weighted by molar-refractivity contribution is 6.42. The van der Waals surface area contributed by atoms with Gasteiger partial charge in [0.05, 0.1) is 21.8 Å². The molecule has 0 saturated heterocycles. The number of nitrogens with one attached hydrogen (secondary N) is 1. The van der Waals surface area contributed by atoms with Crippen molar-refractivity contribution in [2.45, 2.75) is 18.4 Å². The van der Waals surface area contributed by atoms with Gasteiger partial charge in [0.25, 0.3) is 0 Å². The Morgan fingerprint density at radius 2 is 1.82 bits per heavy atom. The topological polar surface area (TPSA) is 12.0 Å². The normalized spacial score (nSPS) is 25.5. The van der Waals surface area contributed by atoms with Crippen molar-refractivity contribution in [1.82, 2.24) is 0 Å². The summed E-state index contributed by atoms with van der Waals surface area (Å²) in [4.78, 5) is 0. The Morgan fingerprint density at radius 1 is 1.05 bits per heavy atom. The van der Waals surface area contributed by atoms with E-state index in [4.69, 9.17) is 23.2 Å². The molecule has 1 aliphatic carbocycles. The number of para-hydroxylation sites is 1. The van der Waals surface area contributed by atoms with E-state index in [-0.39, 0.29) is 17.8 Å². The number of hydrogen-bond acceptors (Lipinski definition) is 1. The summed E-state index contributed by atoms with van der Waals surface area (Å²) >= 11 is 12.6. The fourth-order valence-corrected chi connectivity index (χ4v) is 4.08. The van der Waals surface area contributed by atoms with Crippen molar-refractivity contribution in [1.29, 1.82) is 0 Å². The zero-order valence-electron chi connectivity index (χ0n) is 11.7. The highest BCUT2D eigenvalue weighted by Crippen LogP contribution is 2.51. The summed E-state index contributed by atoms with van der Waals surface area (Å²) in [7, 11) is 0. The Labute approximate surface area is 138 Å². The number of halogens is 3. The molecule has 0 fully saturated rings. The summed E-state index contributed by atoms with van der Waals surface area (Å²) in [5, 5.41) is 4.44. The van der Waals surface area contributed by atoms with Gasteiger partial charge in [-0.2, -0.15) is 0 Å². The Kier molecular flexibility index (Phi) is 3.39. The molecule has 1 nitrogen and oxygen atoms in total. The third-order valence-electron chi connectivity index (χ3n) is 4.66. The number of benzene rings is 2. The molecular weight excluding hydrogens is 320 g/mol. The molecule has 0 spiro atoms. The maximum absolute atomic E-state index is 14.3. The molecule has 0 aromatic heterocycles. The van der Waals surface area contributed by atoms with Gasteiger partial charge in [0, 0.05) is 5.92 Å². The van der Waals surface area contributed by atoms with E-state index in [1.54, 1.807) is 12.1 Å². The van der Waals surface area contributed by atoms with Crippen molar-refractivity contribution in [2.75, 3.05) is 5.32 Å². The molecule has 0 amide bonds. The van der Waals surface area contributed by atoms with Crippen LogP contribution in [0.5, 0.6) is 0 Å². The molecule has 22 heavy (non-hydrogen) atoms. The Morgan fingerprint density at radius 3 is 2.68 bits per heavy atom. The van der Waals surface area contributed by atoms with Gasteiger partial charge < -0.3 is 5.32 Å². The molecule has 4 heteroatoms. The summed E-state index contributed by atoms with van der Waals surface area (Å²) < 4.78 is 14.3. The number of hydrogen-bond donors (Lipinski definition) is 1. The van der Waals surface area contributed by atoms with Crippen LogP contribution < -0.4 is 5.32 Å². The average molecular weight is 334 g/mol. The minimum Gasteiger partial charge on any atom is -0.375 e. The minimum absolute atomic E-state index is 0.0457. The molecule has 3 atom stereocenters. The van der Waals surface area contributed by atoms with Gasteiger partial charge in [0.1, 0.15) is 5.82 Å². The van der Waals surface area contributed by atoms with E-state index >= 15 is 0 Å². The van der Waals surface area contributed by atoms with Crippen LogP contribution in [-0.4, -0.2) is 0 Å². The van der Waals surface area contributed by atoms with Crippen molar-refractivity contribution in [3.8, 4) is 0 Å². The molecule has 0 unspecified atom stereocenters. The zero-order valence-corrected chi connectivity index (χ0v) is 13.2. The highest BCUT2D eigenvalue weighted by atomic mass is 35.5. The first-order chi connectivity index (χ1) is 10.7. The lowest BCUT2D eigenvalue weighted by molar-refractivity contribution is 0.421. The molecular formula is C18H14Cl2FN. The van der Waals surface area contributed by atoms with E-state index < -0.39 is 0 Å². The van der Waals surface area contributed by atoms with Crippen LogP contribution in [0.25, 0.3) is 0 Å². The van der Waals surface area contributed by atoms with Gasteiger partial charge in [-0.3, -0.25) is 0 Å². The average Bonchev–Trinajstić information content (AvgIpc) is 3.00. The van der Waals surface area contributed by atoms with Crippen LogP contribution in [0, 0.1) is 11.7 Å². The second-order valence-corrected chi connectivity index (χ2v) is 6.61. The fourth-order valence-electron chi connectivity index (χ4n) is 3.65. The summed E-state index contributed by atoms with van der Waals surface area (Å²) in [5.41, 5.74) is 2.53. The van der Waals surface area contributed by atoms with Gasteiger partial charge in [0.2, 0.25) is 0 Å². The molecule has 1 aliphatic heterocycles. The monoisotopic (exact) mass is 333 g/mol. The van der Waals surface area contributed by atoms with Crippen molar-refractivity contribution >= 4 is 28.9 Å². The fraction of sp³-hybridized carbons (Fsp3) is 0.222. The molecule has 2 aliphatic rings. The molecule has 1 N–H and O–H groups in total. The van der Waals surface area contributed by atoms with Crippen LogP contribution in [-0.2, 0) is 0 Å². The lowest BCUT2D eigenvalue weighted by atomic mass is 9.77. The summed E-state index contributed by atoms with van der Waals surface area (Å²) in [6.45, 7) is 0. The van der Waals surface area contributed by atoms with Gasteiger partial charge in [-0.05, 0) is 35.6 Å². The predicted octanol–water partition coefficient (Wildman–Crippen LogP) is 5.96. The van der Waals surface area contributed by atoms with Gasteiger partial charge in [-0.1, -0.05) is 59.6 Å². The number of rotatable bonds is 1. The predicted molar refractivity (Wildman–Crippen MR) is 89.2 cm³/mol. The largest absolute Gasteiger partial charge is 0.375 e. The van der Waals surface area contributed by atoms with Gasteiger partial charge in [0.15, 0.2) is 0 Å². The molecule has 0 saturated carbocycles. The zero-order chi connectivity index (χ0) is 15.3. The lowest BCUT2D eigenvalue weighted by Gasteiger charge is -2.38. The van der Waals surface area contributed by atoms with Crippen molar-refractivity contribution < 1.29 is 4.39 Å². The molecule has 1 heterocycles. The van der Waals surface area contributed by atoms with Crippen molar-refractivity contribution in [2.24, 2.45) is 5.92 Å². The van der Waals surface area contributed by atoms with Gasteiger partial charge in [-0.25, -0.2) is 4.39 Å². The van der Waals surface area contributed by atoms with E-state index in [9.17, 15) is 4.39 Å². The summed E-state index contributed by atoms with van der Waals surface area (Å²) in [6, 6.07) is 10.8. The van der Waals surface area contributed by atoms with Crippen LogP contribution in [0.3, 0.4) is 0 Å². The Hall–Kier alpha value is -1.51. The third-order valence-corrected chi connectivity index (χ3v) is 5.50. The Bertz CT molecular complexity index is 772. The van der Waals surface area contributed by atoms with E-state index in [1.165, 1.54) is 6.07 Å². The SMILES string of the molecule is Fc1cccc2c1N[C@H](c1cccc(Cl)c1Cl)[C@H]1CC=C[C@H]21. The molecule has 2 aromatic carbocycles. The van der Waals surface area contributed by atoms with Gasteiger partial charge >= 0.3 is 0 Å². The molecule has 4 rings (SSSR count). The molecule has 2 aromatic rings. The maximum Gasteiger partial charge on any atom is 0.146 e. The highest BCUT2D eigenvalue weighted by Gasteiger charge is 2.39. The maximum atomic E-state index is 14.3. The van der Waals surface area contributed by atoms with Gasteiger partial charge in [-0.15, -0.1) is 0 Å². The quantitative estimate of drug-likeness (QED) is 0.635. The van der Waals surface area contributed by atoms with Crippen LogP contribution in [0.1, 0.15) is 29.5 Å². The Balaban J connectivity index is 1.86. The molecule has 0 radical (unpaired) electrons. The van der Waals surface area contributed by atoms with E-state index in [1.807, 2.05) is 18.2 Å². The lowest BCUT2D eigenvalue weighted by Crippen LogP contribution is -2.29. The van der Waals surface area contributed by atoms with E-state index in [2.05, 4.69) is 17.5 Å². The van der Waals surface area contributed by atoms with Crippen LogP contribution in [0.15, 0.2) is 48.6 Å². The minimum atomic E-state index is -0.223. The smallest absolute Gasteiger partial charge is 0.146 e. The van der Waals surface area contributed by atoms with E-state index in [0.29, 0.717) is 21.7 Å². The van der Waals surface area contributed by atoms with Crippen molar-refractivity contribution in [3.63, 3.8) is 0 Å².